The highest BCUT2D eigenvalue weighted by atomic mass is 32.2. The van der Waals surface area contributed by atoms with Gasteiger partial charge in [-0.25, -0.2) is 18.2 Å². The monoisotopic (exact) mass is 496 g/mol. The zero-order valence-electron chi connectivity index (χ0n) is 19.4. The van der Waals surface area contributed by atoms with Crippen molar-refractivity contribution in [2.45, 2.75) is 25.7 Å². The van der Waals surface area contributed by atoms with E-state index in [0.29, 0.717) is 17.0 Å². The normalized spacial score (nSPS) is 11.6. The van der Waals surface area contributed by atoms with Crippen LogP contribution in [0.2, 0.25) is 0 Å². The fourth-order valence-electron chi connectivity index (χ4n) is 3.16. The van der Waals surface area contributed by atoms with Gasteiger partial charge >= 0.3 is 0 Å². The number of hydrogen-bond acceptors (Lipinski definition) is 5. The van der Waals surface area contributed by atoms with Crippen LogP contribution in [0.15, 0.2) is 82.8 Å². The second-order valence-corrected chi connectivity index (χ2v) is 9.66. The summed E-state index contributed by atoms with van der Waals surface area (Å²) in [6, 6.07) is 17.9. The van der Waals surface area contributed by atoms with E-state index in [4.69, 9.17) is 0 Å². The predicted molar refractivity (Wildman–Crippen MR) is 133 cm³/mol. The van der Waals surface area contributed by atoms with Crippen LogP contribution in [0.4, 0.5) is 15.8 Å². The van der Waals surface area contributed by atoms with Crippen LogP contribution in [0.5, 0.6) is 0 Å². The molecule has 0 atom stereocenters. The highest BCUT2D eigenvalue weighted by Gasteiger charge is 2.27. The predicted octanol–water partition coefficient (Wildman–Crippen LogP) is 3.83. The van der Waals surface area contributed by atoms with E-state index in [1.807, 2.05) is 6.92 Å². The van der Waals surface area contributed by atoms with Gasteiger partial charge in [-0.2, -0.15) is 5.10 Å². The van der Waals surface area contributed by atoms with Gasteiger partial charge in [0.15, 0.2) is 0 Å². The molecule has 182 valence electrons. The molecule has 0 unspecified atom stereocenters. The van der Waals surface area contributed by atoms with Crippen LogP contribution < -0.4 is 15.0 Å². The number of sulfonamides is 1. The molecule has 10 heteroatoms. The van der Waals surface area contributed by atoms with Gasteiger partial charge in [-0.1, -0.05) is 29.8 Å². The van der Waals surface area contributed by atoms with Gasteiger partial charge in [-0.3, -0.25) is 13.9 Å². The fourth-order valence-corrected chi connectivity index (χ4v) is 4.58. The second kappa shape index (κ2) is 10.9. The molecular formula is C25H25FN4O4S. The van der Waals surface area contributed by atoms with Crippen molar-refractivity contribution in [3.63, 3.8) is 0 Å². The maximum atomic E-state index is 13.5. The fraction of sp³-hybridized carbons (Fsp3) is 0.160. The maximum absolute atomic E-state index is 13.5. The van der Waals surface area contributed by atoms with Gasteiger partial charge in [0.05, 0.1) is 16.3 Å². The van der Waals surface area contributed by atoms with E-state index in [0.717, 1.165) is 22.0 Å². The number of anilines is 2. The first-order valence-electron chi connectivity index (χ1n) is 10.6. The minimum absolute atomic E-state index is 0.00491. The number of nitrogens with one attached hydrogen (secondary N) is 2. The summed E-state index contributed by atoms with van der Waals surface area (Å²) in [6.07, 6.45) is 0. The van der Waals surface area contributed by atoms with E-state index < -0.39 is 28.3 Å². The van der Waals surface area contributed by atoms with Crippen LogP contribution in [-0.4, -0.2) is 32.5 Å². The lowest BCUT2D eigenvalue weighted by Crippen LogP contribution is -2.39. The van der Waals surface area contributed by atoms with Gasteiger partial charge in [-0.05, 0) is 67.9 Å². The van der Waals surface area contributed by atoms with Crippen LogP contribution >= 0.6 is 0 Å². The average Bonchev–Trinajstić information content (AvgIpc) is 2.81. The zero-order chi connectivity index (χ0) is 25.6. The van der Waals surface area contributed by atoms with E-state index >= 15 is 0 Å². The van der Waals surface area contributed by atoms with E-state index in [9.17, 15) is 22.4 Å². The molecule has 2 amide bonds. The lowest BCUT2D eigenvalue weighted by atomic mass is 10.1. The van der Waals surface area contributed by atoms with E-state index in [-0.39, 0.29) is 16.5 Å². The average molecular weight is 497 g/mol. The first-order chi connectivity index (χ1) is 16.6. The largest absolute Gasteiger partial charge is 0.326 e. The Labute approximate surface area is 203 Å². The van der Waals surface area contributed by atoms with Crippen LogP contribution in [0.25, 0.3) is 0 Å². The van der Waals surface area contributed by atoms with Gasteiger partial charge in [0.1, 0.15) is 12.4 Å². The molecule has 0 fully saturated rings. The Morgan fingerprint density at radius 1 is 0.971 bits per heavy atom. The van der Waals surface area contributed by atoms with Crippen molar-refractivity contribution >= 4 is 38.9 Å². The number of nitrogens with zero attached hydrogens (tertiary/aromatic N) is 2. The van der Waals surface area contributed by atoms with Crippen LogP contribution in [0.3, 0.4) is 0 Å². The number of benzene rings is 3. The van der Waals surface area contributed by atoms with Crippen molar-refractivity contribution in [3.8, 4) is 0 Å². The Bertz CT molecular complexity index is 1350. The Kier molecular flexibility index (Phi) is 7.98. The molecule has 0 saturated heterocycles. The summed E-state index contributed by atoms with van der Waals surface area (Å²) in [6.45, 7) is 4.30. The summed E-state index contributed by atoms with van der Waals surface area (Å²) < 4.78 is 41.0. The lowest BCUT2D eigenvalue weighted by molar-refractivity contribution is -0.119. The third-order valence-electron chi connectivity index (χ3n) is 4.96. The number of amides is 2. The minimum Gasteiger partial charge on any atom is -0.326 e. The van der Waals surface area contributed by atoms with Crippen molar-refractivity contribution in [3.05, 3.63) is 89.7 Å². The zero-order valence-corrected chi connectivity index (χ0v) is 20.3. The molecule has 0 bridgehead atoms. The molecule has 0 spiro atoms. The summed E-state index contributed by atoms with van der Waals surface area (Å²) in [5.74, 6) is -1.45. The molecular weight excluding hydrogens is 471 g/mol. The Morgan fingerprint density at radius 2 is 1.63 bits per heavy atom. The first-order valence-corrected chi connectivity index (χ1v) is 12.1. The maximum Gasteiger partial charge on any atom is 0.264 e. The summed E-state index contributed by atoms with van der Waals surface area (Å²) >= 11 is 0. The Balaban J connectivity index is 1.83. The molecule has 0 heterocycles. The van der Waals surface area contributed by atoms with Crippen molar-refractivity contribution < 1.29 is 22.4 Å². The van der Waals surface area contributed by atoms with Crippen molar-refractivity contribution in [1.82, 2.24) is 5.43 Å². The summed E-state index contributed by atoms with van der Waals surface area (Å²) in [4.78, 5) is 24.0. The lowest BCUT2D eigenvalue weighted by Gasteiger charge is -2.23. The second-order valence-electron chi connectivity index (χ2n) is 7.80. The molecule has 3 aromatic rings. The smallest absolute Gasteiger partial charge is 0.264 e. The van der Waals surface area contributed by atoms with Gasteiger partial charge in [0.2, 0.25) is 5.91 Å². The van der Waals surface area contributed by atoms with Crippen LogP contribution in [0.1, 0.15) is 25.0 Å². The van der Waals surface area contributed by atoms with Crippen molar-refractivity contribution in [2.75, 3.05) is 16.2 Å². The SMILES string of the molecule is CC(=O)Nc1cccc(/C(C)=N\NC(=O)CN(c2ccc(F)cc2)S(=O)(=O)c2ccc(C)cc2)c1. The number of hydrazone groups is 1. The molecule has 8 nitrogen and oxygen atoms in total. The minimum atomic E-state index is -4.13. The Morgan fingerprint density at radius 3 is 2.26 bits per heavy atom. The third-order valence-corrected chi connectivity index (χ3v) is 6.75. The molecule has 0 radical (unpaired) electrons. The molecule has 3 aromatic carbocycles. The highest BCUT2D eigenvalue weighted by molar-refractivity contribution is 7.92. The number of carbonyl (C=O) groups excluding carboxylic acids is 2. The summed E-state index contributed by atoms with van der Waals surface area (Å²) in [7, 11) is -4.13. The van der Waals surface area contributed by atoms with Gasteiger partial charge in [0, 0.05) is 12.6 Å². The van der Waals surface area contributed by atoms with Gasteiger partial charge in [0.25, 0.3) is 15.9 Å². The molecule has 2 N–H and O–H groups in total. The molecule has 0 aromatic heterocycles. The highest BCUT2D eigenvalue weighted by Crippen LogP contribution is 2.24. The summed E-state index contributed by atoms with van der Waals surface area (Å²) in [5, 5.41) is 6.73. The molecule has 0 aliphatic heterocycles. The number of hydrogen-bond donors (Lipinski definition) is 2. The standard InChI is InChI=1S/C25H25FN4O4S/c1-17-7-13-24(14-8-17)35(33,34)30(23-11-9-21(26)10-12-23)16-25(32)29-28-18(2)20-5-4-6-22(15-20)27-19(3)31/h4-15H,16H2,1-3H3,(H,27,31)(H,29,32)/b28-18-. The molecule has 3 rings (SSSR count). The van der Waals surface area contributed by atoms with Gasteiger partial charge in [-0.15, -0.1) is 0 Å². The van der Waals surface area contributed by atoms with Crippen LogP contribution in [-0.2, 0) is 19.6 Å². The molecule has 0 aliphatic rings. The summed E-state index contributed by atoms with van der Waals surface area (Å²) in [5.41, 5.74) is 5.04. The third kappa shape index (κ3) is 6.73. The number of rotatable bonds is 8. The van der Waals surface area contributed by atoms with Crippen molar-refractivity contribution in [2.24, 2.45) is 5.10 Å². The topological polar surface area (TPSA) is 108 Å². The Hall–Kier alpha value is -4.05. The molecule has 0 saturated carbocycles. The first kappa shape index (κ1) is 25.6. The number of aryl methyl sites for hydroxylation is 1. The molecule has 0 aliphatic carbocycles. The van der Waals surface area contributed by atoms with Crippen molar-refractivity contribution in [1.29, 1.82) is 0 Å². The number of carbonyl (C=O) groups is 2. The molecule has 35 heavy (non-hydrogen) atoms. The van der Waals surface area contributed by atoms with Crippen LogP contribution in [0, 0.1) is 12.7 Å². The van der Waals surface area contributed by atoms with E-state index in [1.165, 1.54) is 31.2 Å². The number of halogens is 1. The van der Waals surface area contributed by atoms with E-state index in [1.54, 1.807) is 43.3 Å². The van der Waals surface area contributed by atoms with Gasteiger partial charge < -0.3 is 5.32 Å². The van der Waals surface area contributed by atoms with E-state index in [2.05, 4.69) is 15.8 Å². The quantitative estimate of drug-likeness (QED) is 0.365.